The van der Waals surface area contributed by atoms with E-state index in [4.69, 9.17) is 23.2 Å². The first-order chi connectivity index (χ1) is 14.7. The van der Waals surface area contributed by atoms with Crippen LogP contribution in [0.4, 0.5) is 0 Å². The molecule has 0 heterocycles. The van der Waals surface area contributed by atoms with Crippen molar-refractivity contribution in [3.05, 3.63) is 68.8 Å². The van der Waals surface area contributed by atoms with Gasteiger partial charge in [-0.1, -0.05) is 41.4 Å². The van der Waals surface area contributed by atoms with E-state index in [1.807, 2.05) is 12.1 Å². The molecule has 0 spiro atoms. The number of carbonyl (C=O) groups excluding carboxylic acids is 1. The van der Waals surface area contributed by atoms with Crippen molar-refractivity contribution in [2.45, 2.75) is 44.0 Å². The van der Waals surface area contributed by atoms with Crippen molar-refractivity contribution in [3.8, 4) is 0 Å². The highest BCUT2D eigenvalue weighted by Crippen LogP contribution is 2.33. The summed E-state index contributed by atoms with van der Waals surface area (Å²) in [6, 6.07) is 12.0. The van der Waals surface area contributed by atoms with Crippen molar-refractivity contribution in [2.75, 3.05) is 6.54 Å². The van der Waals surface area contributed by atoms with Gasteiger partial charge in [-0.05, 0) is 73.9 Å². The molecule has 0 atom stereocenters. The summed E-state index contributed by atoms with van der Waals surface area (Å²) in [5.41, 5.74) is 2.81. The van der Waals surface area contributed by atoms with E-state index in [9.17, 15) is 18.4 Å². The molecule has 0 bridgehead atoms. The van der Waals surface area contributed by atoms with Crippen LogP contribution in [0.25, 0.3) is 0 Å². The Hall–Kier alpha value is -1.64. The maximum atomic E-state index is 13.6. The lowest BCUT2D eigenvalue weighted by Crippen LogP contribution is -2.38. The van der Waals surface area contributed by atoms with Crippen LogP contribution in [-0.4, -0.2) is 25.2 Å². The normalized spacial score (nSPS) is 19.4. The number of nitrogens with one attached hydrogen (secondary N) is 1. The topological polar surface area (TPSA) is 89.5 Å². The van der Waals surface area contributed by atoms with Crippen LogP contribution in [0.3, 0.4) is 0 Å². The van der Waals surface area contributed by atoms with Gasteiger partial charge in [0, 0.05) is 29.1 Å². The third-order valence-electron chi connectivity index (χ3n) is 5.89. The number of nitrogens with zero attached hydrogens (tertiary/aromatic N) is 1. The lowest BCUT2D eigenvalue weighted by molar-refractivity contribution is -0.125. The second-order valence-corrected chi connectivity index (χ2v) is 10.7. The molecule has 1 N–H and O–H groups in total. The Kier molecular flexibility index (Phi) is 7.99. The highest BCUT2D eigenvalue weighted by Gasteiger charge is 2.32. The molecular formula is C22H25Cl2N2O4S-. The van der Waals surface area contributed by atoms with Gasteiger partial charge in [0.05, 0.1) is 4.90 Å². The fourth-order valence-electron chi connectivity index (χ4n) is 4.03. The Morgan fingerprint density at radius 2 is 1.74 bits per heavy atom. The first-order valence-electron chi connectivity index (χ1n) is 10.1. The Balaban J connectivity index is 1.85. The summed E-state index contributed by atoms with van der Waals surface area (Å²) < 4.78 is 28.7. The van der Waals surface area contributed by atoms with Crippen LogP contribution in [0.1, 0.15) is 36.8 Å². The molecule has 0 saturated heterocycles. The van der Waals surface area contributed by atoms with Gasteiger partial charge in [-0.3, -0.25) is 4.79 Å². The van der Waals surface area contributed by atoms with E-state index in [0.717, 1.165) is 5.56 Å². The van der Waals surface area contributed by atoms with Gasteiger partial charge in [-0.25, -0.2) is 8.42 Å². The molecule has 9 heteroatoms. The van der Waals surface area contributed by atoms with Gasteiger partial charge in [0.15, 0.2) is 0 Å². The number of rotatable bonds is 7. The molecule has 31 heavy (non-hydrogen) atoms. The van der Waals surface area contributed by atoms with Crippen LogP contribution in [0.2, 0.25) is 10.0 Å². The van der Waals surface area contributed by atoms with Gasteiger partial charge in [-0.2, -0.15) is 4.31 Å². The maximum Gasteiger partial charge on any atom is 0.243 e. The number of benzene rings is 2. The SMILES string of the molecule is Cc1c(Cl)cccc1S(=O)(=O)N(Cc1ccc(Cl)cc1)CC1CCC(C(=O)N[O-])CC1. The van der Waals surface area contributed by atoms with E-state index in [-0.39, 0.29) is 23.3 Å². The molecule has 0 aromatic heterocycles. The van der Waals surface area contributed by atoms with Crippen molar-refractivity contribution in [3.63, 3.8) is 0 Å². The van der Waals surface area contributed by atoms with Crippen molar-refractivity contribution < 1.29 is 13.2 Å². The summed E-state index contributed by atoms with van der Waals surface area (Å²) in [6.07, 6.45) is 2.51. The first-order valence-corrected chi connectivity index (χ1v) is 12.3. The standard InChI is InChI=1S/C22H25Cl2N2O4S/c1-15-20(24)3-2-4-21(15)31(29,30)26(14-17-7-11-19(23)12-8-17)13-16-5-9-18(10-6-16)22(27)25-28/h2-4,7-8,11-12,16,18H,5-6,9-10,13-14H2,1H3,(H-,25,27,28)/q-1. The Morgan fingerprint density at radius 1 is 1.10 bits per heavy atom. The zero-order valence-corrected chi connectivity index (χ0v) is 19.5. The van der Waals surface area contributed by atoms with Crippen LogP contribution in [0.5, 0.6) is 0 Å². The number of carbonyl (C=O) groups is 1. The van der Waals surface area contributed by atoms with Crippen LogP contribution in [0.15, 0.2) is 47.4 Å². The van der Waals surface area contributed by atoms with Crippen LogP contribution in [-0.2, 0) is 21.4 Å². The largest absolute Gasteiger partial charge is 0.759 e. The minimum absolute atomic E-state index is 0.0947. The smallest absolute Gasteiger partial charge is 0.243 e. The van der Waals surface area contributed by atoms with E-state index in [2.05, 4.69) is 0 Å². The predicted octanol–water partition coefficient (Wildman–Crippen LogP) is 4.91. The van der Waals surface area contributed by atoms with Gasteiger partial charge in [0.1, 0.15) is 0 Å². The molecule has 1 fully saturated rings. The Bertz CT molecular complexity index is 1020. The quantitative estimate of drug-likeness (QED) is 0.566. The monoisotopic (exact) mass is 483 g/mol. The Labute approximate surface area is 193 Å². The third-order valence-corrected chi connectivity index (χ3v) is 8.51. The molecule has 1 aliphatic rings. The molecule has 2 aromatic rings. The average Bonchev–Trinajstić information content (AvgIpc) is 2.76. The summed E-state index contributed by atoms with van der Waals surface area (Å²) >= 11 is 12.2. The summed E-state index contributed by atoms with van der Waals surface area (Å²) in [5, 5.41) is 11.6. The van der Waals surface area contributed by atoms with E-state index >= 15 is 0 Å². The van der Waals surface area contributed by atoms with Crippen molar-refractivity contribution in [2.24, 2.45) is 11.8 Å². The molecule has 1 saturated carbocycles. The number of hydroxylamine groups is 1. The molecule has 2 aromatic carbocycles. The molecule has 0 aliphatic heterocycles. The second kappa shape index (κ2) is 10.3. The molecule has 3 rings (SSSR count). The third kappa shape index (κ3) is 5.79. The molecule has 1 aliphatic carbocycles. The van der Waals surface area contributed by atoms with Crippen LogP contribution < -0.4 is 5.48 Å². The zero-order valence-electron chi connectivity index (χ0n) is 17.2. The van der Waals surface area contributed by atoms with Crippen LogP contribution in [0, 0.1) is 24.0 Å². The van der Waals surface area contributed by atoms with Crippen molar-refractivity contribution in [1.82, 2.24) is 9.79 Å². The van der Waals surface area contributed by atoms with E-state index < -0.39 is 15.9 Å². The summed E-state index contributed by atoms with van der Waals surface area (Å²) in [5.74, 6) is -0.693. The molecule has 0 unspecified atom stereocenters. The fraction of sp³-hybridized carbons (Fsp3) is 0.409. The van der Waals surface area contributed by atoms with Crippen LogP contribution >= 0.6 is 23.2 Å². The summed E-state index contributed by atoms with van der Waals surface area (Å²) in [4.78, 5) is 11.8. The molecule has 168 valence electrons. The van der Waals surface area contributed by atoms with Crippen molar-refractivity contribution in [1.29, 1.82) is 0 Å². The summed E-state index contributed by atoms with van der Waals surface area (Å²) in [6.45, 7) is 2.22. The average molecular weight is 484 g/mol. The number of amides is 1. The molecule has 0 radical (unpaired) electrons. The fourth-order valence-corrected chi connectivity index (χ4v) is 6.13. The highest BCUT2D eigenvalue weighted by molar-refractivity contribution is 7.89. The van der Waals surface area contributed by atoms with E-state index in [0.29, 0.717) is 47.8 Å². The molecular weight excluding hydrogens is 459 g/mol. The maximum absolute atomic E-state index is 13.6. The minimum atomic E-state index is -3.81. The lowest BCUT2D eigenvalue weighted by atomic mass is 9.81. The first kappa shape index (κ1) is 24.0. The van der Waals surface area contributed by atoms with Gasteiger partial charge < -0.3 is 10.7 Å². The molecule has 6 nitrogen and oxygen atoms in total. The summed E-state index contributed by atoms with van der Waals surface area (Å²) in [7, 11) is -3.81. The van der Waals surface area contributed by atoms with Gasteiger partial charge in [0.25, 0.3) is 0 Å². The van der Waals surface area contributed by atoms with E-state index in [1.54, 1.807) is 37.3 Å². The van der Waals surface area contributed by atoms with E-state index in [1.165, 1.54) is 9.79 Å². The number of halogens is 2. The number of hydrogen-bond acceptors (Lipinski definition) is 4. The zero-order chi connectivity index (χ0) is 22.6. The van der Waals surface area contributed by atoms with Gasteiger partial charge in [0.2, 0.25) is 15.9 Å². The molecule has 1 amide bonds. The van der Waals surface area contributed by atoms with Gasteiger partial charge in [-0.15, -0.1) is 0 Å². The second-order valence-electron chi connectivity index (χ2n) is 7.97. The lowest BCUT2D eigenvalue weighted by Gasteiger charge is -2.32. The minimum Gasteiger partial charge on any atom is -0.759 e. The van der Waals surface area contributed by atoms with Gasteiger partial charge >= 0.3 is 0 Å². The number of sulfonamides is 1. The predicted molar refractivity (Wildman–Crippen MR) is 122 cm³/mol. The number of hydrogen-bond donors (Lipinski definition) is 1. The highest BCUT2D eigenvalue weighted by atomic mass is 35.5. The Morgan fingerprint density at radius 3 is 2.35 bits per heavy atom. The van der Waals surface area contributed by atoms with Crippen molar-refractivity contribution >= 4 is 39.1 Å².